The van der Waals surface area contributed by atoms with Gasteiger partial charge < -0.3 is 5.32 Å². The van der Waals surface area contributed by atoms with Crippen LogP contribution in [0.25, 0.3) is 0 Å². The Kier molecular flexibility index (Phi) is 3.88. The third-order valence-corrected chi connectivity index (χ3v) is 2.66. The standard InChI is InChI=1S/C13H12N4O2/c14-8-7-9-1-3-10(4-2-9)15-13(19)11-5-6-12(18)17-16-11/h1-4H,5-7H2,(H,15,19)(H,17,18). The van der Waals surface area contributed by atoms with Crippen LogP contribution in [0.1, 0.15) is 18.4 Å². The fourth-order valence-corrected chi connectivity index (χ4v) is 1.64. The fraction of sp³-hybridized carbons (Fsp3) is 0.231. The van der Waals surface area contributed by atoms with Gasteiger partial charge in [-0.2, -0.15) is 10.4 Å². The molecule has 6 nitrogen and oxygen atoms in total. The van der Waals surface area contributed by atoms with Gasteiger partial charge in [0.05, 0.1) is 12.5 Å². The largest absolute Gasteiger partial charge is 0.321 e. The van der Waals surface area contributed by atoms with Crippen LogP contribution in [0.4, 0.5) is 5.69 Å². The van der Waals surface area contributed by atoms with E-state index >= 15 is 0 Å². The lowest BCUT2D eigenvalue weighted by atomic mass is 10.1. The molecule has 1 aromatic rings. The summed E-state index contributed by atoms with van der Waals surface area (Å²) in [5.74, 6) is -0.509. The molecular formula is C13H12N4O2. The highest BCUT2D eigenvalue weighted by atomic mass is 16.2. The van der Waals surface area contributed by atoms with Crippen molar-refractivity contribution < 1.29 is 9.59 Å². The summed E-state index contributed by atoms with van der Waals surface area (Å²) in [6.45, 7) is 0. The molecule has 1 aliphatic rings. The maximum Gasteiger partial charge on any atom is 0.271 e. The summed E-state index contributed by atoms with van der Waals surface area (Å²) in [5.41, 5.74) is 4.11. The number of anilines is 1. The SMILES string of the molecule is N#CCc1ccc(NC(=O)C2=NNC(=O)CC2)cc1. The quantitative estimate of drug-likeness (QED) is 0.843. The molecule has 19 heavy (non-hydrogen) atoms. The van der Waals surface area contributed by atoms with Crippen molar-refractivity contribution in [3.8, 4) is 6.07 Å². The van der Waals surface area contributed by atoms with Crippen molar-refractivity contribution in [2.45, 2.75) is 19.3 Å². The highest BCUT2D eigenvalue weighted by Crippen LogP contribution is 2.11. The van der Waals surface area contributed by atoms with Crippen LogP contribution >= 0.6 is 0 Å². The molecule has 96 valence electrons. The van der Waals surface area contributed by atoms with Crippen LogP contribution in [-0.2, 0) is 16.0 Å². The third-order valence-electron chi connectivity index (χ3n) is 2.66. The maximum absolute atomic E-state index is 11.8. The second-order valence-electron chi connectivity index (χ2n) is 4.08. The minimum atomic E-state index is -0.326. The summed E-state index contributed by atoms with van der Waals surface area (Å²) < 4.78 is 0. The first kappa shape index (κ1) is 12.8. The van der Waals surface area contributed by atoms with Crippen molar-refractivity contribution >= 4 is 23.2 Å². The molecule has 6 heteroatoms. The van der Waals surface area contributed by atoms with E-state index < -0.39 is 0 Å². The molecule has 0 spiro atoms. The van der Waals surface area contributed by atoms with Gasteiger partial charge in [0.25, 0.3) is 5.91 Å². The molecule has 0 fully saturated rings. The Morgan fingerprint density at radius 1 is 1.37 bits per heavy atom. The van der Waals surface area contributed by atoms with Crippen molar-refractivity contribution in [1.82, 2.24) is 5.43 Å². The number of hydrogen-bond acceptors (Lipinski definition) is 4. The van der Waals surface area contributed by atoms with Crippen LogP contribution in [0.15, 0.2) is 29.4 Å². The lowest BCUT2D eigenvalue weighted by molar-refractivity contribution is -0.121. The van der Waals surface area contributed by atoms with Crippen molar-refractivity contribution in [3.05, 3.63) is 29.8 Å². The summed E-state index contributed by atoms with van der Waals surface area (Å²) in [6, 6.07) is 9.07. The fourth-order valence-electron chi connectivity index (χ4n) is 1.64. The molecule has 0 aromatic heterocycles. The number of amides is 2. The van der Waals surface area contributed by atoms with Crippen LogP contribution in [-0.4, -0.2) is 17.5 Å². The molecule has 0 aliphatic carbocycles. The summed E-state index contributed by atoms with van der Waals surface area (Å²) in [7, 11) is 0. The van der Waals surface area contributed by atoms with Crippen molar-refractivity contribution in [2.24, 2.45) is 5.10 Å². The van der Waals surface area contributed by atoms with E-state index in [1.54, 1.807) is 24.3 Å². The van der Waals surface area contributed by atoms with Crippen LogP contribution in [0.2, 0.25) is 0 Å². The summed E-state index contributed by atoms with van der Waals surface area (Å²) in [6.07, 6.45) is 0.949. The number of carbonyl (C=O) groups is 2. The molecule has 0 bridgehead atoms. The number of nitriles is 1. The lowest BCUT2D eigenvalue weighted by Gasteiger charge is -2.12. The molecule has 0 saturated carbocycles. The van der Waals surface area contributed by atoms with Crippen LogP contribution in [0, 0.1) is 11.3 Å². The van der Waals surface area contributed by atoms with Crippen LogP contribution in [0.5, 0.6) is 0 Å². The summed E-state index contributed by atoms with van der Waals surface area (Å²) in [5, 5.41) is 15.0. The minimum Gasteiger partial charge on any atom is -0.321 e. The maximum atomic E-state index is 11.8. The predicted octanol–water partition coefficient (Wildman–Crippen LogP) is 0.957. The van der Waals surface area contributed by atoms with Gasteiger partial charge in [-0.3, -0.25) is 9.59 Å². The molecule has 2 amide bonds. The number of nitrogens with one attached hydrogen (secondary N) is 2. The molecule has 0 saturated heterocycles. The highest BCUT2D eigenvalue weighted by molar-refractivity contribution is 6.43. The van der Waals surface area contributed by atoms with Gasteiger partial charge in [0.15, 0.2) is 0 Å². The predicted molar refractivity (Wildman–Crippen MR) is 69.2 cm³/mol. The van der Waals surface area contributed by atoms with Crippen LogP contribution < -0.4 is 10.7 Å². The molecule has 0 radical (unpaired) electrons. The Labute approximate surface area is 110 Å². The number of rotatable bonds is 3. The van der Waals surface area contributed by atoms with E-state index in [4.69, 9.17) is 5.26 Å². The molecule has 1 aromatic carbocycles. The summed E-state index contributed by atoms with van der Waals surface area (Å²) in [4.78, 5) is 22.8. The van der Waals surface area contributed by atoms with Gasteiger partial charge >= 0.3 is 0 Å². The van der Waals surface area contributed by atoms with Gasteiger partial charge in [0.1, 0.15) is 5.71 Å². The van der Waals surface area contributed by atoms with E-state index in [0.717, 1.165) is 5.56 Å². The van der Waals surface area contributed by atoms with Crippen molar-refractivity contribution in [3.63, 3.8) is 0 Å². The Morgan fingerprint density at radius 3 is 2.68 bits per heavy atom. The lowest BCUT2D eigenvalue weighted by Crippen LogP contribution is -2.32. The third kappa shape index (κ3) is 3.39. The Hall–Kier alpha value is -2.68. The van der Waals surface area contributed by atoms with E-state index in [1.165, 1.54) is 0 Å². The molecule has 0 unspecified atom stereocenters. The minimum absolute atomic E-state index is 0.183. The number of benzene rings is 1. The Bertz CT molecular complexity index is 569. The van der Waals surface area contributed by atoms with E-state index in [1.807, 2.05) is 0 Å². The first-order chi connectivity index (χ1) is 9.19. The van der Waals surface area contributed by atoms with Crippen LogP contribution in [0.3, 0.4) is 0 Å². The number of carbonyl (C=O) groups excluding carboxylic acids is 2. The zero-order valence-corrected chi connectivity index (χ0v) is 10.1. The first-order valence-corrected chi connectivity index (χ1v) is 5.81. The first-order valence-electron chi connectivity index (χ1n) is 5.81. The van der Waals surface area contributed by atoms with Gasteiger partial charge in [-0.15, -0.1) is 0 Å². The smallest absolute Gasteiger partial charge is 0.271 e. The highest BCUT2D eigenvalue weighted by Gasteiger charge is 2.18. The Balaban J connectivity index is 1.99. The number of hydrogen-bond donors (Lipinski definition) is 2. The normalized spacial score (nSPS) is 14.1. The average molecular weight is 256 g/mol. The van der Waals surface area contributed by atoms with E-state index in [0.29, 0.717) is 24.2 Å². The molecule has 2 rings (SSSR count). The second-order valence-corrected chi connectivity index (χ2v) is 4.08. The molecular weight excluding hydrogens is 244 g/mol. The summed E-state index contributed by atoms with van der Waals surface area (Å²) >= 11 is 0. The number of nitrogens with zero attached hydrogens (tertiary/aromatic N) is 2. The second kappa shape index (κ2) is 5.78. The molecule has 2 N–H and O–H groups in total. The van der Waals surface area contributed by atoms with E-state index in [-0.39, 0.29) is 18.2 Å². The number of hydrazone groups is 1. The van der Waals surface area contributed by atoms with Crippen molar-refractivity contribution in [1.29, 1.82) is 5.26 Å². The Morgan fingerprint density at radius 2 is 2.11 bits per heavy atom. The molecule has 0 atom stereocenters. The zero-order valence-electron chi connectivity index (χ0n) is 10.1. The van der Waals surface area contributed by atoms with Gasteiger partial charge in [-0.25, -0.2) is 5.43 Å². The van der Waals surface area contributed by atoms with Gasteiger partial charge in [-0.1, -0.05) is 12.1 Å². The zero-order chi connectivity index (χ0) is 13.7. The van der Waals surface area contributed by atoms with Crippen molar-refractivity contribution in [2.75, 3.05) is 5.32 Å². The monoisotopic (exact) mass is 256 g/mol. The van der Waals surface area contributed by atoms with E-state index in [9.17, 15) is 9.59 Å². The van der Waals surface area contributed by atoms with Gasteiger partial charge in [0.2, 0.25) is 5.91 Å². The average Bonchev–Trinajstić information content (AvgIpc) is 2.42. The van der Waals surface area contributed by atoms with E-state index in [2.05, 4.69) is 21.9 Å². The topological polar surface area (TPSA) is 94.3 Å². The van der Waals surface area contributed by atoms with Gasteiger partial charge in [-0.05, 0) is 17.7 Å². The van der Waals surface area contributed by atoms with Gasteiger partial charge in [0, 0.05) is 18.5 Å². The molecule has 1 heterocycles. The molecule has 1 aliphatic heterocycles.